The smallest absolute Gasteiger partial charge is 0.239 e. The molecule has 1 aliphatic rings. The third-order valence-electron chi connectivity index (χ3n) is 4.02. The van der Waals surface area contributed by atoms with E-state index in [0.29, 0.717) is 6.61 Å². The first-order valence-corrected chi connectivity index (χ1v) is 7.81. The van der Waals surface area contributed by atoms with Crippen molar-refractivity contribution >= 4 is 5.91 Å². The van der Waals surface area contributed by atoms with E-state index in [1.54, 1.807) is 7.11 Å². The molecule has 0 aromatic heterocycles. The maximum atomic E-state index is 12.5. The van der Waals surface area contributed by atoms with Crippen molar-refractivity contribution in [2.45, 2.75) is 38.3 Å². The van der Waals surface area contributed by atoms with Crippen LogP contribution in [0, 0.1) is 0 Å². The van der Waals surface area contributed by atoms with Gasteiger partial charge in [0.05, 0.1) is 18.7 Å². The van der Waals surface area contributed by atoms with Gasteiger partial charge in [-0.15, -0.1) is 0 Å². The van der Waals surface area contributed by atoms with E-state index < -0.39 is 0 Å². The summed E-state index contributed by atoms with van der Waals surface area (Å²) in [5.74, 6) is 0.201. The van der Waals surface area contributed by atoms with E-state index in [1.165, 1.54) is 6.42 Å². The van der Waals surface area contributed by atoms with Gasteiger partial charge in [0.15, 0.2) is 0 Å². The van der Waals surface area contributed by atoms with Crippen LogP contribution in [0.3, 0.4) is 0 Å². The molecule has 0 spiro atoms. The van der Waals surface area contributed by atoms with Crippen molar-refractivity contribution in [2.75, 3.05) is 26.8 Å². The Morgan fingerprint density at radius 2 is 1.90 bits per heavy atom. The Balaban J connectivity index is 1.97. The SMILES string of the molecule is COCC(NC(C)C(=O)N1CCCCC1)c1ccccc1. The normalized spacial score (nSPS) is 18.3. The van der Waals surface area contributed by atoms with Gasteiger partial charge in [0, 0.05) is 20.2 Å². The summed E-state index contributed by atoms with van der Waals surface area (Å²) in [6, 6.07) is 10.00. The number of nitrogens with one attached hydrogen (secondary N) is 1. The predicted octanol–water partition coefficient (Wildman–Crippen LogP) is 2.36. The topological polar surface area (TPSA) is 41.6 Å². The van der Waals surface area contributed by atoms with Crippen molar-refractivity contribution in [3.8, 4) is 0 Å². The Labute approximate surface area is 127 Å². The molecular weight excluding hydrogens is 264 g/mol. The highest BCUT2D eigenvalue weighted by Crippen LogP contribution is 2.15. The summed E-state index contributed by atoms with van der Waals surface area (Å²) in [4.78, 5) is 14.5. The summed E-state index contributed by atoms with van der Waals surface area (Å²) >= 11 is 0. The molecule has 1 N–H and O–H groups in total. The summed E-state index contributed by atoms with van der Waals surface area (Å²) in [7, 11) is 1.69. The van der Waals surface area contributed by atoms with Crippen molar-refractivity contribution in [3.05, 3.63) is 35.9 Å². The minimum Gasteiger partial charge on any atom is -0.383 e. The fourth-order valence-corrected chi connectivity index (χ4v) is 2.85. The van der Waals surface area contributed by atoms with Gasteiger partial charge in [0.2, 0.25) is 5.91 Å². The van der Waals surface area contributed by atoms with Crippen molar-refractivity contribution < 1.29 is 9.53 Å². The second kappa shape index (κ2) is 8.15. The molecular formula is C17H26N2O2. The van der Waals surface area contributed by atoms with Crippen LogP contribution in [-0.4, -0.2) is 43.7 Å². The highest BCUT2D eigenvalue weighted by atomic mass is 16.5. The van der Waals surface area contributed by atoms with Crippen LogP contribution in [0.4, 0.5) is 0 Å². The molecule has 116 valence electrons. The Hall–Kier alpha value is -1.39. The molecule has 1 fully saturated rings. The Morgan fingerprint density at radius 1 is 1.24 bits per heavy atom. The van der Waals surface area contributed by atoms with E-state index in [2.05, 4.69) is 17.4 Å². The summed E-state index contributed by atoms with van der Waals surface area (Å²) in [6.07, 6.45) is 3.49. The molecule has 2 rings (SSSR count). The van der Waals surface area contributed by atoms with Crippen LogP contribution in [0.25, 0.3) is 0 Å². The lowest BCUT2D eigenvalue weighted by molar-refractivity contribution is -0.134. The summed E-state index contributed by atoms with van der Waals surface area (Å²) in [5.41, 5.74) is 1.15. The molecule has 1 amide bonds. The van der Waals surface area contributed by atoms with Crippen LogP contribution >= 0.6 is 0 Å². The number of benzene rings is 1. The molecule has 21 heavy (non-hydrogen) atoms. The molecule has 4 nitrogen and oxygen atoms in total. The number of rotatable bonds is 6. The second-order valence-corrected chi connectivity index (χ2v) is 5.69. The van der Waals surface area contributed by atoms with E-state index in [9.17, 15) is 4.79 Å². The highest BCUT2D eigenvalue weighted by molar-refractivity contribution is 5.81. The van der Waals surface area contributed by atoms with E-state index >= 15 is 0 Å². The molecule has 2 atom stereocenters. The van der Waals surface area contributed by atoms with Crippen LogP contribution in [0.2, 0.25) is 0 Å². The molecule has 0 aliphatic carbocycles. The molecule has 1 aliphatic heterocycles. The maximum absolute atomic E-state index is 12.5. The van der Waals surface area contributed by atoms with Gasteiger partial charge in [-0.2, -0.15) is 0 Å². The third-order valence-corrected chi connectivity index (χ3v) is 4.02. The zero-order chi connectivity index (χ0) is 15.1. The lowest BCUT2D eigenvalue weighted by atomic mass is 10.1. The number of nitrogens with zero attached hydrogens (tertiary/aromatic N) is 1. The minimum absolute atomic E-state index is 0.0416. The van der Waals surface area contributed by atoms with Gasteiger partial charge in [-0.3, -0.25) is 10.1 Å². The van der Waals surface area contributed by atoms with Crippen molar-refractivity contribution in [1.82, 2.24) is 10.2 Å². The average Bonchev–Trinajstić information content (AvgIpc) is 2.55. The fourth-order valence-electron chi connectivity index (χ4n) is 2.85. The van der Waals surface area contributed by atoms with Gasteiger partial charge in [0.25, 0.3) is 0 Å². The molecule has 2 unspecified atom stereocenters. The summed E-state index contributed by atoms with van der Waals surface area (Å²) in [5, 5.41) is 3.42. The molecule has 1 aromatic carbocycles. The van der Waals surface area contributed by atoms with Gasteiger partial charge < -0.3 is 9.64 Å². The molecule has 0 saturated carbocycles. The lowest BCUT2D eigenvalue weighted by Gasteiger charge is -2.31. The molecule has 0 radical (unpaired) electrons. The van der Waals surface area contributed by atoms with Crippen LogP contribution in [0.5, 0.6) is 0 Å². The molecule has 1 aromatic rings. The first kappa shape index (κ1) is 16.0. The standard InChI is InChI=1S/C17H26N2O2/c1-14(17(20)19-11-7-4-8-12-19)18-16(13-21-2)15-9-5-3-6-10-15/h3,5-6,9-10,14,16,18H,4,7-8,11-13H2,1-2H3. The quantitative estimate of drug-likeness (QED) is 0.874. The van der Waals surface area contributed by atoms with Crippen LogP contribution in [0.15, 0.2) is 30.3 Å². The Bertz CT molecular complexity index is 430. The molecule has 4 heteroatoms. The van der Waals surface area contributed by atoms with Crippen LogP contribution < -0.4 is 5.32 Å². The number of carbonyl (C=O) groups is 1. The van der Waals surface area contributed by atoms with E-state index in [-0.39, 0.29) is 18.0 Å². The first-order valence-electron chi connectivity index (χ1n) is 7.81. The van der Waals surface area contributed by atoms with E-state index in [1.807, 2.05) is 30.0 Å². The van der Waals surface area contributed by atoms with Crippen molar-refractivity contribution in [3.63, 3.8) is 0 Å². The molecule has 1 heterocycles. The summed E-state index contributed by atoms with van der Waals surface area (Å²) < 4.78 is 5.30. The fraction of sp³-hybridized carbons (Fsp3) is 0.588. The number of likely N-dealkylation sites (tertiary alicyclic amines) is 1. The molecule has 0 bridgehead atoms. The number of carbonyl (C=O) groups excluding carboxylic acids is 1. The second-order valence-electron chi connectivity index (χ2n) is 5.69. The largest absolute Gasteiger partial charge is 0.383 e. The van der Waals surface area contributed by atoms with E-state index in [4.69, 9.17) is 4.74 Å². The van der Waals surface area contributed by atoms with Gasteiger partial charge in [-0.25, -0.2) is 0 Å². The Morgan fingerprint density at radius 3 is 2.52 bits per heavy atom. The highest BCUT2D eigenvalue weighted by Gasteiger charge is 2.24. The number of hydrogen-bond acceptors (Lipinski definition) is 3. The van der Waals surface area contributed by atoms with Gasteiger partial charge in [-0.05, 0) is 31.7 Å². The van der Waals surface area contributed by atoms with Gasteiger partial charge >= 0.3 is 0 Å². The van der Waals surface area contributed by atoms with Crippen LogP contribution in [0.1, 0.15) is 37.8 Å². The monoisotopic (exact) mass is 290 g/mol. The van der Waals surface area contributed by atoms with Crippen molar-refractivity contribution in [2.24, 2.45) is 0 Å². The zero-order valence-electron chi connectivity index (χ0n) is 13.0. The number of amides is 1. The maximum Gasteiger partial charge on any atom is 0.239 e. The zero-order valence-corrected chi connectivity index (χ0v) is 13.0. The first-order chi connectivity index (χ1) is 10.2. The number of piperidine rings is 1. The Kier molecular flexibility index (Phi) is 6.21. The number of ether oxygens (including phenoxy) is 1. The van der Waals surface area contributed by atoms with Gasteiger partial charge in [0.1, 0.15) is 0 Å². The van der Waals surface area contributed by atoms with Crippen molar-refractivity contribution in [1.29, 1.82) is 0 Å². The summed E-state index contributed by atoms with van der Waals surface area (Å²) in [6.45, 7) is 4.29. The number of methoxy groups -OCH3 is 1. The average molecular weight is 290 g/mol. The predicted molar refractivity (Wildman–Crippen MR) is 84.1 cm³/mol. The number of hydrogen-bond donors (Lipinski definition) is 1. The molecule has 1 saturated heterocycles. The third kappa shape index (κ3) is 4.55. The lowest BCUT2D eigenvalue weighted by Crippen LogP contribution is -2.48. The van der Waals surface area contributed by atoms with Gasteiger partial charge in [-0.1, -0.05) is 30.3 Å². The van der Waals surface area contributed by atoms with Crippen LogP contribution in [-0.2, 0) is 9.53 Å². The van der Waals surface area contributed by atoms with E-state index in [0.717, 1.165) is 31.5 Å². The minimum atomic E-state index is -0.191.